The summed E-state index contributed by atoms with van der Waals surface area (Å²) in [5.74, 6) is -0.0117. The smallest absolute Gasteiger partial charge is 0.283 e. The van der Waals surface area contributed by atoms with Crippen LogP contribution in [0.4, 0.5) is 5.82 Å². The predicted octanol–water partition coefficient (Wildman–Crippen LogP) is 1.20. The standard InChI is InChI=1S/C11H8BrN5O3S/c12-11-13-9-8(6-18)16-17(10(9)14-15-11)21(19,20)7-4-2-1-3-5-7/h1-6,16,18H. The molecule has 0 saturated heterocycles. The molecule has 0 fully saturated rings. The van der Waals surface area contributed by atoms with Gasteiger partial charge in [0.05, 0.1) is 4.90 Å². The third kappa shape index (κ3) is 2.21. The molecule has 1 aromatic carbocycles. The van der Waals surface area contributed by atoms with E-state index in [9.17, 15) is 13.5 Å². The maximum absolute atomic E-state index is 12.6. The van der Waals surface area contributed by atoms with Crippen LogP contribution in [-0.2, 0) is 10.0 Å². The first kappa shape index (κ1) is 13.8. The highest BCUT2D eigenvalue weighted by atomic mass is 79.9. The van der Waals surface area contributed by atoms with E-state index in [2.05, 4.69) is 36.5 Å². The zero-order valence-corrected chi connectivity index (χ0v) is 12.7. The third-order valence-electron chi connectivity index (χ3n) is 2.72. The third-order valence-corrected chi connectivity index (χ3v) is 4.67. The summed E-state index contributed by atoms with van der Waals surface area (Å²) < 4.78 is 26.2. The highest BCUT2D eigenvalue weighted by Crippen LogP contribution is 2.32. The molecule has 108 valence electrons. The van der Waals surface area contributed by atoms with Crippen LogP contribution in [0.1, 0.15) is 5.69 Å². The first-order valence-electron chi connectivity index (χ1n) is 5.66. The van der Waals surface area contributed by atoms with Gasteiger partial charge in [0.2, 0.25) is 10.6 Å². The van der Waals surface area contributed by atoms with Crippen molar-refractivity contribution in [3.63, 3.8) is 0 Å². The summed E-state index contributed by atoms with van der Waals surface area (Å²) in [5.41, 5.74) is 2.83. The fourth-order valence-corrected chi connectivity index (χ4v) is 3.33. The highest BCUT2D eigenvalue weighted by Gasteiger charge is 2.37. The molecule has 0 amide bonds. The molecule has 0 saturated carbocycles. The molecule has 2 N–H and O–H groups in total. The molecule has 0 aliphatic carbocycles. The Morgan fingerprint density at radius 3 is 2.62 bits per heavy atom. The van der Waals surface area contributed by atoms with Gasteiger partial charge < -0.3 is 5.11 Å². The number of hydrogen-bond acceptors (Lipinski definition) is 7. The molecule has 1 aliphatic rings. The van der Waals surface area contributed by atoms with E-state index in [0.29, 0.717) is 0 Å². The van der Waals surface area contributed by atoms with Crippen molar-refractivity contribution < 1.29 is 13.5 Å². The van der Waals surface area contributed by atoms with Crippen LogP contribution in [-0.4, -0.2) is 28.7 Å². The van der Waals surface area contributed by atoms with Crippen LogP contribution in [0.5, 0.6) is 0 Å². The highest BCUT2D eigenvalue weighted by molar-refractivity contribution is 9.10. The minimum atomic E-state index is -3.90. The van der Waals surface area contributed by atoms with Gasteiger partial charge in [0.25, 0.3) is 10.0 Å². The maximum atomic E-state index is 12.6. The molecule has 3 rings (SSSR count). The Morgan fingerprint density at radius 1 is 1.24 bits per heavy atom. The monoisotopic (exact) mass is 369 g/mol. The van der Waals surface area contributed by atoms with Gasteiger partial charge in [-0.2, -0.15) is 12.8 Å². The van der Waals surface area contributed by atoms with E-state index in [4.69, 9.17) is 0 Å². The number of aromatic nitrogens is 3. The summed E-state index contributed by atoms with van der Waals surface area (Å²) in [6, 6.07) is 7.84. The minimum Gasteiger partial charge on any atom is -0.513 e. The Labute approximate surface area is 128 Å². The predicted molar refractivity (Wildman–Crippen MR) is 77.4 cm³/mol. The van der Waals surface area contributed by atoms with Crippen molar-refractivity contribution in [3.8, 4) is 0 Å². The van der Waals surface area contributed by atoms with Crippen molar-refractivity contribution in [2.75, 3.05) is 4.41 Å². The number of anilines is 1. The second kappa shape index (κ2) is 4.97. The average molecular weight is 370 g/mol. The van der Waals surface area contributed by atoms with Crippen LogP contribution in [0, 0.1) is 0 Å². The molecule has 8 nitrogen and oxygen atoms in total. The largest absolute Gasteiger partial charge is 0.513 e. The van der Waals surface area contributed by atoms with E-state index in [0.717, 1.165) is 10.7 Å². The molecular weight excluding hydrogens is 362 g/mol. The Balaban J connectivity index is 2.15. The quantitative estimate of drug-likeness (QED) is 0.765. The van der Waals surface area contributed by atoms with Gasteiger partial charge in [0, 0.05) is 0 Å². The first-order valence-corrected chi connectivity index (χ1v) is 7.89. The van der Waals surface area contributed by atoms with Crippen LogP contribution in [0.3, 0.4) is 0 Å². The summed E-state index contributed by atoms with van der Waals surface area (Å²) in [5, 5.41) is 16.7. The van der Waals surface area contributed by atoms with Crippen LogP contribution >= 0.6 is 15.9 Å². The Bertz CT molecular complexity index is 825. The summed E-state index contributed by atoms with van der Waals surface area (Å²) in [4.78, 5) is 4.09. The number of rotatable bonds is 2. The molecular formula is C11H8BrN5O3S. The molecule has 1 aliphatic heterocycles. The molecule has 0 bridgehead atoms. The molecule has 2 heterocycles. The average Bonchev–Trinajstić information content (AvgIpc) is 2.86. The van der Waals surface area contributed by atoms with Crippen molar-refractivity contribution in [2.24, 2.45) is 0 Å². The lowest BCUT2D eigenvalue weighted by Gasteiger charge is -2.17. The lowest BCUT2D eigenvalue weighted by atomic mass is 10.4. The molecule has 10 heteroatoms. The van der Waals surface area contributed by atoms with Gasteiger partial charge in [-0.1, -0.05) is 18.2 Å². The zero-order chi connectivity index (χ0) is 15.0. The molecule has 0 radical (unpaired) electrons. The van der Waals surface area contributed by atoms with E-state index in [-0.39, 0.29) is 26.8 Å². The fraction of sp³-hybridized carbons (Fsp3) is 0. The summed E-state index contributed by atoms with van der Waals surface area (Å²) in [6.07, 6.45) is 0.723. The van der Waals surface area contributed by atoms with Crippen molar-refractivity contribution in [3.05, 3.63) is 47.0 Å². The van der Waals surface area contributed by atoms with E-state index < -0.39 is 10.0 Å². The number of halogens is 1. The van der Waals surface area contributed by atoms with Crippen LogP contribution < -0.4 is 9.84 Å². The number of aliphatic hydroxyl groups excluding tert-OH is 1. The van der Waals surface area contributed by atoms with Gasteiger partial charge in [-0.15, -0.1) is 10.2 Å². The summed E-state index contributed by atoms with van der Waals surface area (Å²) >= 11 is 3.05. The zero-order valence-electron chi connectivity index (χ0n) is 10.3. The minimum absolute atomic E-state index is 0.0117. The topological polar surface area (TPSA) is 108 Å². The molecule has 1 aromatic heterocycles. The number of aliphatic hydroxyl groups is 1. The van der Waals surface area contributed by atoms with Crippen molar-refractivity contribution in [1.82, 2.24) is 20.6 Å². The van der Waals surface area contributed by atoms with Crippen LogP contribution in [0.15, 0.2) is 46.2 Å². The van der Waals surface area contributed by atoms with Gasteiger partial charge in [-0.3, -0.25) is 5.43 Å². The van der Waals surface area contributed by atoms with Crippen molar-refractivity contribution in [2.45, 2.75) is 4.90 Å². The Morgan fingerprint density at radius 2 is 1.95 bits per heavy atom. The van der Waals surface area contributed by atoms with Crippen LogP contribution in [0.2, 0.25) is 0 Å². The fourth-order valence-electron chi connectivity index (χ4n) is 1.80. The Hall–Kier alpha value is -2.20. The number of fused-ring (bicyclic) bond motifs is 1. The number of benzene rings is 1. The van der Waals surface area contributed by atoms with Gasteiger partial charge in [0.1, 0.15) is 17.7 Å². The van der Waals surface area contributed by atoms with Crippen LogP contribution in [0.25, 0.3) is 5.70 Å². The second-order valence-electron chi connectivity index (χ2n) is 3.99. The number of hydrazine groups is 1. The molecule has 0 unspecified atom stereocenters. The Kier molecular flexibility index (Phi) is 3.26. The lowest BCUT2D eigenvalue weighted by Crippen LogP contribution is -2.38. The number of sulfonamides is 1. The van der Waals surface area contributed by atoms with Gasteiger partial charge in [0.15, 0.2) is 0 Å². The second-order valence-corrected chi connectivity index (χ2v) is 6.49. The number of nitrogens with one attached hydrogen (secondary N) is 1. The number of hydrogen-bond donors (Lipinski definition) is 2. The van der Waals surface area contributed by atoms with E-state index >= 15 is 0 Å². The summed E-state index contributed by atoms with van der Waals surface area (Å²) in [7, 11) is -3.90. The molecule has 0 spiro atoms. The van der Waals surface area contributed by atoms with Crippen molar-refractivity contribution in [1.29, 1.82) is 0 Å². The van der Waals surface area contributed by atoms with E-state index in [1.165, 1.54) is 12.1 Å². The van der Waals surface area contributed by atoms with Gasteiger partial charge in [-0.05, 0) is 28.1 Å². The lowest BCUT2D eigenvalue weighted by molar-refractivity contribution is 0.473. The van der Waals surface area contributed by atoms with Gasteiger partial charge >= 0.3 is 0 Å². The number of nitrogens with zero attached hydrogens (tertiary/aromatic N) is 4. The van der Waals surface area contributed by atoms with E-state index in [1.54, 1.807) is 18.2 Å². The molecule has 2 aromatic rings. The van der Waals surface area contributed by atoms with E-state index in [1.807, 2.05) is 0 Å². The normalized spacial score (nSPS) is 15.9. The SMILES string of the molecule is O=S(=O)(c1ccccc1)N1NC(=CO)c2nc(Br)nnc21. The maximum Gasteiger partial charge on any atom is 0.283 e. The summed E-state index contributed by atoms with van der Waals surface area (Å²) in [6.45, 7) is 0. The first-order chi connectivity index (χ1) is 10.0. The molecule has 21 heavy (non-hydrogen) atoms. The van der Waals surface area contributed by atoms with Gasteiger partial charge in [-0.25, -0.2) is 4.98 Å². The van der Waals surface area contributed by atoms with Crippen molar-refractivity contribution >= 4 is 37.5 Å². The molecule has 0 atom stereocenters.